The number of aliphatic hydroxyl groups excluding tert-OH is 1. The molecule has 118 valence electrons. The van der Waals surface area contributed by atoms with E-state index >= 15 is 0 Å². The van der Waals surface area contributed by atoms with Crippen molar-refractivity contribution in [2.24, 2.45) is 0 Å². The summed E-state index contributed by atoms with van der Waals surface area (Å²) in [5.41, 5.74) is -0.136. The molecule has 0 spiro atoms. The van der Waals surface area contributed by atoms with Crippen LogP contribution in [0.5, 0.6) is 5.75 Å². The molecule has 0 fully saturated rings. The van der Waals surface area contributed by atoms with Gasteiger partial charge in [-0.2, -0.15) is 0 Å². The fourth-order valence-corrected chi connectivity index (χ4v) is 2.41. The first-order valence-electron chi connectivity index (χ1n) is 7.35. The number of benzene rings is 1. The molecular formula is C16H20N2O4. The van der Waals surface area contributed by atoms with Crippen LogP contribution in [-0.4, -0.2) is 33.8 Å². The quantitative estimate of drug-likeness (QED) is 0.700. The fraction of sp³-hybridized carbons (Fsp3) is 0.375. The molecule has 0 atom stereocenters. The van der Waals surface area contributed by atoms with Gasteiger partial charge in [-0.1, -0.05) is 19.1 Å². The van der Waals surface area contributed by atoms with E-state index in [1.807, 2.05) is 6.92 Å². The van der Waals surface area contributed by atoms with E-state index in [-0.39, 0.29) is 24.5 Å². The van der Waals surface area contributed by atoms with Crippen molar-refractivity contribution in [2.75, 3.05) is 13.2 Å². The highest BCUT2D eigenvalue weighted by Gasteiger charge is 2.21. The Bertz CT molecular complexity index is 737. The SMILES string of the molecule is CCCn1c(=O)c(C(=O)NCCCO)c(O)c2ccccc21. The monoisotopic (exact) mass is 304 g/mol. The number of carbonyl (C=O) groups is 1. The van der Waals surface area contributed by atoms with E-state index in [2.05, 4.69) is 5.32 Å². The van der Waals surface area contributed by atoms with Crippen molar-refractivity contribution in [3.8, 4) is 5.75 Å². The summed E-state index contributed by atoms with van der Waals surface area (Å²) >= 11 is 0. The largest absolute Gasteiger partial charge is 0.506 e. The van der Waals surface area contributed by atoms with Crippen molar-refractivity contribution >= 4 is 16.8 Å². The lowest BCUT2D eigenvalue weighted by Crippen LogP contribution is -2.34. The molecule has 0 radical (unpaired) electrons. The van der Waals surface area contributed by atoms with Gasteiger partial charge in [0.05, 0.1) is 5.52 Å². The summed E-state index contributed by atoms with van der Waals surface area (Å²) in [4.78, 5) is 24.8. The lowest BCUT2D eigenvalue weighted by atomic mass is 10.1. The lowest BCUT2D eigenvalue weighted by molar-refractivity contribution is 0.0946. The molecule has 1 aromatic heterocycles. The van der Waals surface area contributed by atoms with Crippen LogP contribution in [0.25, 0.3) is 10.9 Å². The lowest BCUT2D eigenvalue weighted by Gasteiger charge is -2.14. The number of fused-ring (bicyclic) bond motifs is 1. The van der Waals surface area contributed by atoms with E-state index in [1.54, 1.807) is 24.3 Å². The van der Waals surface area contributed by atoms with Gasteiger partial charge in [0.15, 0.2) is 0 Å². The summed E-state index contributed by atoms with van der Waals surface area (Å²) in [7, 11) is 0. The number of aromatic hydroxyl groups is 1. The van der Waals surface area contributed by atoms with Crippen LogP contribution in [0.3, 0.4) is 0 Å². The highest BCUT2D eigenvalue weighted by Crippen LogP contribution is 2.26. The Balaban J connectivity index is 2.58. The Morgan fingerprint density at radius 2 is 2.05 bits per heavy atom. The number of nitrogens with zero attached hydrogens (tertiary/aromatic N) is 1. The van der Waals surface area contributed by atoms with E-state index < -0.39 is 11.5 Å². The van der Waals surface area contributed by atoms with Gasteiger partial charge in [-0.3, -0.25) is 9.59 Å². The Morgan fingerprint density at radius 3 is 2.73 bits per heavy atom. The van der Waals surface area contributed by atoms with Gasteiger partial charge in [-0.15, -0.1) is 0 Å². The Morgan fingerprint density at radius 1 is 1.32 bits per heavy atom. The molecule has 2 rings (SSSR count). The molecule has 1 aromatic carbocycles. The molecule has 2 aromatic rings. The molecule has 0 unspecified atom stereocenters. The third-order valence-corrected chi connectivity index (χ3v) is 3.44. The Kier molecular flexibility index (Phi) is 5.16. The second kappa shape index (κ2) is 7.09. The van der Waals surface area contributed by atoms with Crippen molar-refractivity contribution in [1.29, 1.82) is 0 Å². The molecule has 6 nitrogen and oxygen atoms in total. The van der Waals surface area contributed by atoms with Crippen LogP contribution >= 0.6 is 0 Å². The van der Waals surface area contributed by atoms with Crippen molar-refractivity contribution in [3.63, 3.8) is 0 Å². The highest BCUT2D eigenvalue weighted by molar-refractivity contribution is 6.02. The number of rotatable bonds is 6. The van der Waals surface area contributed by atoms with Crippen LogP contribution in [0.15, 0.2) is 29.1 Å². The summed E-state index contributed by atoms with van der Waals surface area (Å²) in [5.74, 6) is -0.916. The standard InChI is InChI=1S/C16H20N2O4/c1-2-9-18-12-7-4-3-6-11(12)14(20)13(16(18)22)15(21)17-8-5-10-19/h3-4,6-7,19-20H,2,5,8-10H2,1H3,(H,17,21). The van der Waals surface area contributed by atoms with Crippen molar-refractivity contribution in [3.05, 3.63) is 40.2 Å². The number of hydrogen-bond donors (Lipinski definition) is 3. The Hall–Kier alpha value is -2.34. The van der Waals surface area contributed by atoms with E-state index in [1.165, 1.54) is 4.57 Å². The summed E-state index contributed by atoms with van der Waals surface area (Å²) in [6.45, 7) is 2.60. The van der Waals surface area contributed by atoms with Gasteiger partial charge in [0.2, 0.25) is 0 Å². The van der Waals surface area contributed by atoms with Gasteiger partial charge in [-0.25, -0.2) is 0 Å². The van der Waals surface area contributed by atoms with Gasteiger partial charge in [0, 0.05) is 25.1 Å². The second-order valence-electron chi connectivity index (χ2n) is 5.03. The van der Waals surface area contributed by atoms with Gasteiger partial charge < -0.3 is 20.1 Å². The normalized spacial score (nSPS) is 10.8. The second-order valence-corrected chi connectivity index (χ2v) is 5.03. The van der Waals surface area contributed by atoms with E-state index in [0.29, 0.717) is 23.9 Å². The number of para-hydroxylation sites is 1. The van der Waals surface area contributed by atoms with Crippen LogP contribution < -0.4 is 10.9 Å². The summed E-state index contributed by atoms with van der Waals surface area (Å²) in [5, 5.41) is 22.1. The van der Waals surface area contributed by atoms with E-state index in [0.717, 1.165) is 6.42 Å². The Labute approximate surface area is 128 Å². The number of pyridine rings is 1. The van der Waals surface area contributed by atoms with Crippen molar-refractivity contribution in [1.82, 2.24) is 9.88 Å². The predicted molar refractivity (Wildman–Crippen MR) is 84.2 cm³/mol. The summed E-state index contributed by atoms with van der Waals surface area (Å²) in [6, 6.07) is 6.96. The predicted octanol–water partition coefficient (Wildman–Crippen LogP) is 1.23. The molecule has 0 aliphatic heterocycles. The first kappa shape index (κ1) is 16.0. The number of aryl methyl sites for hydroxylation is 1. The molecule has 22 heavy (non-hydrogen) atoms. The summed E-state index contributed by atoms with van der Waals surface area (Å²) < 4.78 is 1.51. The molecular weight excluding hydrogens is 284 g/mol. The zero-order valence-corrected chi connectivity index (χ0v) is 12.5. The molecule has 1 heterocycles. The van der Waals surface area contributed by atoms with Gasteiger partial charge >= 0.3 is 0 Å². The van der Waals surface area contributed by atoms with Crippen molar-refractivity contribution in [2.45, 2.75) is 26.3 Å². The van der Waals surface area contributed by atoms with Gasteiger partial charge in [-0.05, 0) is 25.0 Å². The van der Waals surface area contributed by atoms with Crippen LogP contribution in [0.4, 0.5) is 0 Å². The molecule has 0 aliphatic rings. The highest BCUT2D eigenvalue weighted by atomic mass is 16.3. The van der Waals surface area contributed by atoms with E-state index in [4.69, 9.17) is 5.11 Å². The first-order valence-corrected chi connectivity index (χ1v) is 7.35. The van der Waals surface area contributed by atoms with Crippen LogP contribution in [-0.2, 0) is 6.54 Å². The zero-order chi connectivity index (χ0) is 16.1. The third-order valence-electron chi connectivity index (χ3n) is 3.44. The molecule has 0 bridgehead atoms. The molecule has 1 amide bonds. The number of hydrogen-bond acceptors (Lipinski definition) is 4. The average Bonchev–Trinajstić information content (AvgIpc) is 2.52. The molecule has 6 heteroatoms. The fourth-order valence-electron chi connectivity index (χ4n) is 2.41. The van der Waals surface area contributed by atoms with Crippen molar-refractivity contribution < 1.29 is 15.0 Å². The number of amides is 1. The molecule has 3 N–H and O–H groups in total. The molecule has 0 aliphatic carbocycles. The topological polar surface area (TPSA) is 91.6 Å². The number of aromatic nitrogens is 1. The number of nitrogens with one attached hydrogen (secondary N) is 1. The minimum Gasteiger partial charge on any atom is -0.506 e. The minimum atomic E-state index is -0.619. The van der Waals surface area contributed by atoms with Crippen LogP contribution in [0.2, 0.25) is 0 Å². The van der Waals surface area contributed by atoms with Gasteiger partial charge in [0.1, 0.15) is 11.3 Å². The molecule has 0 saturated heterocycles. The summed E-state index contributed by atoms with van der Waals surface area (Å²) in [6.07, 6.45) is 1.13. The minimum absolute atomic E-state index is 0.0515. The molecule has 0 saturated carbocycles. The third kappa shape index (κ3) is 2.96. The van der Waals surface area contributed by atoms with Gasteiger partial charge in [0.25, 0.3) is 11.5 Å². The maximum Gasteiger partial charge on any atom is 0.267 e. The maximum absolute atomic E-state index is 12.6. The van der Waals surface area contributed by atoms with E-state index in [9.17, 15) is 14.7 Å². The number of carbonyl (C=O) groups excluding carboxylic acids is 1. The zero-order valence-electron chi connectivity index (χ0n) is 12.5. The smallest absolute Gasteiger partial charge is 0.267 e. The van der Waals surface area contributed by atoms with Crippen LogP contribution in [0, 0.1) is 0 Å². The maximum atomic E-state index is 12.6. The average molecular weight is 304 g/mol. The first-order chi connectivity index (χ1) is 10.6. The number of aliphatic hydroxyl groups is 1. The van der Waals surface area contributed by atoms with Crippen LogP contribution in [0.1, 0.15) is 30.1 Å².